The van der Waals surface area contributed by atoms with Gasteiger partial charge in [0.25, 0.3) is 5.91 Å². The summed E-state index contributed by atoms with van der Waals surface area (Å²) in [6.45, 7) is -0.182. The highest BCUT2D eigenvalue weighted by molar-refractivity contribution is 9.10. The minimum atomic E-state index is -1.35. The Bertz CT molecular complexity index is 380. The average molecular weight is 293 g/mol. The minimum absolute atomic E-state index is 0.182. The summed E-state index contributed by atoms with van der Waals surface area (Å²) in [7, 11) is 0. The fourth-order valence-electron chi connectivity index (χ4n) is 0.826. The second-order valence-corrected chi connectivity index (χ2v) is 4.50. The summed E-state index contributed by atoms with van der Waals surface area (Å²) >= 11 is 4.46. The van der Waals surface area contributed by atoms with Crippen molar-refractivity contribution in [1.29, 1.82) is 0 Å². The lowest BCUT2D eigenvalue weighted by molar-refractivity contribution is -0.125. The fourth-order valence-corrected chi connectivity index (χ4v) is 2.29. The summed E-state index contributed by atoms with van der Waals surface area (Å²) < 4.78 is 0.679. The molecule has 2 amide bonds. The molecule has 5 nitrogen and oxygen atoms in total. The molecule has 0 saturated carbocycles. The first-order valence-electron chi connectivity index (χ1n) is 4.01. The third kappa shape index (κ3) is 3.29. The number of primary amides is 1. The van der Waals surface area contributed by atoms with Gasteiger partial charge in [0.1, 0.15) is 11.0 Å². The number of hydrogen-bond donors (Lipinski definition) is 3. The van der Waals surface area contributed by atoms with Crippen molar-refractivity contribution in [1.82, 2.24) is 5.32 Å². The molecule has 1 aromatic heterocycles. The van der Waals surface area contributed by atoms with Crippen LogP contribution in [0.25, 0.3) is 0 Å². The normalized spacial score (nSPS) is 12.1. The van der Waals surface area contributed by atoms with E-state index in [-0.39, 0.29) is 12.5 Å². The van der Waals surface area contributed by atoms with E-state index < -0.39 is 12.0 Å². The van der Waals surface area contributed by atoms with Gasteiger partial charge in [0.15, 0.2) is 0 Å². The van der Waals surface area contributed by atoms with Gasteiger partial charge in [-0.05, 0) is 27.4 Å². The van der Waals surface area contributed by atoms with Crippen molar-refractivity contribution in [2.75, 3.05) is 6.54 Å². The summed E-state index contributed by atoms with van der Waals surface area (Å²) in [6.07, 6.45) is -1.35. The van der Waals surface area contributed by atoms with Crippen LogP contribution in [-0.2, 0) is 4.79 Å². The third-order valence-electron chi connectivity index (χ3n) is 1.61. The van der Waals surface area contributed by atoms with E-state index in [0.717, 1.165) is 0 Å². The number of nitrogens with one attached hydrogen (secondary N) is 1. The largest absolute Gasteiger partial charge is 0.381 e. The molecule has 1 atom stereocenters. The molecule has 1 heterocycles. The SMILES string of the molecule is NC(=O)C(O)CNC(=O)c1sccc1Br. The number of aliphatic hydroxyl groups excluding tert-OH is 1. The third-order valence-corrected chi connectivity index (χ3v) is 3.44. The standard InChI is InChI=1S/C8H9BrN2O3S/c9-4-1-2-15-6(4)8(14)11-3-5(12)7(10)13/h1-2,5,12H,3H2,(H2,10,13)(H,11,14). The molecule has 0 radical (unpaired) electrons. The molecule has 0 aromatic carbocycles. The Kier molecular flexibility index (Phi) is 4.25. The first-order chi connectivity index (χ1) is 7.02. The fraction of sp³-hybridized carbons (Fsp3) is 0.250. The Morgan fingerprint density at radius 3 is 2.80 bits per heavy atom. The van der Waals surface area contributed by atoms with Crippen LogP contribution in [-0.4, -0.2) is 29.6 Å². The molecular weight excluding hydrogens is 284 g/mol. The van der Waals surface area contributed by atoms with Gasteiger partial charge in [-0.2, -0.15) is 0 Å². The van der Waals surface area contributed by atoms with Crippen LogP contribution in [0.1, 0.15) is 9.67 Å². The molecule has 1 aromatic rings. The Morgan fingerprint density at radius 2 is 2.33 bits per heavy atom. The van der Waals surface area contributed by atoms with E-state index in [1.165, 1.54) is 11.3 Å². The molecule has 1 rings (SSSR count). The van der Waals surface area contributed by atoms with Crippen molar-refractivity contribution in [2.45, 2.75) is 6.10 Å². The number of halogens is 1. The van der Waals surface area contributed by atoms with Crippen LogP contribution in [0.2, 0.25) is 0 Å². The highest BCUT2D eigenvalue weighted by Crippen LogP contribution is 2.22. The molecule has 0 aliphatic rings. The van der Waals surface area contributed by atoms with Gasteiger partial charge in [0, 0.05) is 4.47 Å². The van der Waals surface area contributed by atoms with E-state index in [2.05, 4.69) is 21.2 Å². The van der Waals surface area contributed by atoms with Crippen molar-refractivity contribution in [3.63, 3.8) is 0 Å². The van der Waals surface area contributed by atoms with E-state index in [1.54, 1.807) is 11.4 Å². The van der Waals surface area contributed by atoms with Crippen molar-refractivity contribution >= 4 is 39.1 Å². The molecule has 15 heavy (non-hydrogen) atoms. The number of carbonyl (C=O) groups is 2. The highest BCUT2D eigenvalue weighted by Gasteiger charge is 2.15. The quantitative estimate of drug-likeness (QED) is 0.734. The maximum absolute atomic E-state index is 11.5. The second kappa shape index (κ2) is 5.24. The number of rotatable bonds is 4. The van der Waals surface area contributed by atoms with E-state index in [4.69, 9.17) is 10.8 Å². The van der Waals surface area contributed by atoms with Gasteiger partial charge in [-0.15, -0.1) is 11.3 Å². The monoisotopic (exact) mass is 292 g/mol. The summed E-state index contributed by atoms with van der Waals surface area (Å²) in [6, 6.07) is 1.74. The Morgan fingerprint density at radius 1 is 1.67 bits per heavy atom. The summed E-state index contributed by atoms with van der Waals surface area (Å²) in [5.41, 5.74) is 4.82. The van der Waals surface area contributed by atoms with Gasteiger partial charge in [-0.3, -0.25) is 9.59 Å². The molecule has 0 bridgehead atoms. The Hall–Kier alpha value is -0.920. The maximum atomic E-state index is 11.5. The first-order valence-corrected chi connectivity index (χ1v) is 5.68. The molecule has 0 fully saturated rings. The average Bonchev–Trinajstić information content (AvgIpc) is 2.60. The summed E-state index contributed by atoms with van der Waals surface area (Å²) in [5, 5.41) is 13.2. The lowest BCUT2D eigenvalue weighted by Crippen LogP contribution is -2.39. The Balaban J connectivity index is 2.51. The number of thiophene rings is 1. The van der Waals surface area contributed by atoms with Crippen LogP contribution in [0.3, 0.4) is 0 Å². The van der Waals surface area contributed by atoms with Crippen LogP contribution in [0, 0.1) is 0 Å². The number of carbonyl (C=O) groups excluding carboxylic acids is 2. The van der Waals surface area contributed by atoms with Crippen molar-refractivity contribution in [2.24, 2.45) is 5.73 Å². The topological polar surface area (TPSA) is 92.4 Å². The number of aliphatic hydroxyl groups is 1. The molecule has 1 unspecified atom stereocenters. The zero-order chi connectivity index (χ0) is 11.4. The molecule has 0 aliphatic carbocycles. The lowest BCUT2D eigenvalue weighted by atomic mass is 10.3. The van der Waals surface area contributed by atoms with E-state index >= 15 is 0 Å². The van der Waals surface area contributed by atoms with Crippen LogP contribution < -0.4 is 11.1 Å². The molecule has 0 spiro atoms. The van der Waals surface area contributed by atoms with Crippen LogP contribution >= 0.6 is 27.3 Å². The first kappa shape index (κ1) is 12.2. The smallest absolute Gasteiger partial charge is 0.262 e. The van der Waals surface area contributed by atoms with Gasteiger partial charge in [-0.1, -0.05) is 0 Å². The zero-order valence-electron chi connectivity index (χ0n) is 7.57. The molecule has 7 heteroatoms. The number of nitrogens with two attached hydrogens (primary N) is 1. The Labute approximate surface area is 98.4 Å². The van der Waals surface area contributed by atoms with E-state index in [9.17, 15) is 9.59 Å². The predicted molar refractivity (Wildman–Crippen MR) is 59.6 cm³/mol. The van der Waals surface area contributed by atoms with Gasteiger partial charge >= 0.3 is 0 Å². The maximum Gasteiger partial charge on any atom is 0.262 e. The van der Waals surface area contributed by atoms with Crippen LogP contribution in [0.15, 0.2) is 15.9 Å². The summed E-state index contributed by atoms with van der Waals surface area (Å²) in [5.74, 6) is -1.21. The highest BCUT2D eigenvalue weighted by atomic mass is 79.9. The van der Waals surface area contributed by atoms with E-state index in [1.807, 2.05) is 0 Å². The predicted octanol–water partition coefficient (Wildman–Crippen LogP) is 0.0866. The van der Waals surface area contributed by atoms with Gasteiger partial charge < -0.3 is 16.2 Å². The van der Waals surface area contributed by atoms with Crippen molar-refractivity contribution < 1.29 is 14.7 Å². The molecule has 4 N–H and O–H groups in total. The van der Waals surface area contributed by atoms with Gasteiger partial charge in [0.05, 0.1) is 6.54 Å². The molecule has 82 valence electrons. The minimum Gasteiger partial charge on any atom is -0.381 e. The number of hydrogen-bond acceptors (Lipinski definition) is 4. The molecular formula is C8H9BrN2O3S. The van der Waals surface area contributed by atoms with Crippen molar-refractivity contribution in [3.8, 4) is 0 Å². The van der Waals surface area contributed by atoms with Gasteiger partial charge in [-0.25, -0.2) is 0 Å². The van der Waals surface area contributed by atoms with E-state index in [0.29, 0.717) is 9.35 Å². The lowest BCUT2D eigenvalue weighted by Gasteiger charge is -2.07. The zero-order valence-corrected chi connectivity index (χ0v) is 9.97. The van der Waals surface area contributed by atoms with Crippen LogP contribution in [0.5, 0.6) is 0 Å². The molecule has 0 aliphatic heterocycles. The van der Waals surface area contributed by atoms with Crippen LogP contribution in [0.4, 0.5) is 0 Å². The van der Waals surface area contributed by atoms with Crippen molar-refractivity contribution in [3.05, 3.63) is 20.8 Å². The van der Waals surface area contributed by atoms with Gasteiger partial charge in [0.2, 0.25) is 5.91 Å². The molecule has 0 saturated heterocycles. The second-order valence-electron chi connectivity index (χ2n) is 2.73. The summed E-state index contributed by atoms with van der Waals surface area (Å²) in [4.78, 5) is 22.4. The number of amides is 2.